The van der Waals surface area contributed by atoms with Gasteiger partial charge in [0.05, 0.1) is 4.88 Å². The number of carbonyl (C=O) groups excluding carboxylic acids is 1. The second kappa shape index (κ2) is 3.05. The zero-order valence-corrected chi connectivity index (χ0v) is 7.31. The molecule has 0 aliphatic rings. The molecular weight excluding hydrogens is 158 g/mol. The molecule has 0 unspecified atom stereocenters. The van der Waals surface area contributed by atoms with Gasteiger partial charge in [0.1, 0.15) is 0 Å². The number of thiophene rings is 1. The first-order chi connectivity index (χ1) is 5.11. The van der Waals surface area contributed by atoms with Crippen molar-refractivity contribution in [2.75, 3.05) is 14.1 Å². The third kappa shape index (κ3) is 1.80. The molecule has 0 saturated carbocycles. The highest BCUT2D eigenvalue weighted by molar-refractivity contribution is 7.12. The molecule has 0 bridgehead atoms. The fourth-order valence-corrected chi connectivity index (χ4v) is 1.50. The lowest BCUT2D eigenvalue weighted by Gasteiger charge is -2.06. The van der Waals surface area contributed by atoms with Crippen LogP contribution in [0.25, 0.3) is 0 Å². The highest BCUT2D eigenvalue weighted by Gasteiger charge is 2.08. The lowest BCUT2D eigenvalue weighted by molar-refractivity contribution is 0.0832. The van der Waals surface area contributed by atoms with Gasteiger partial charge < -0.3 is 4.90 Å². The largest absolute Gasteiger partial charge is 0.344 e. The molecule has 0 fully saturated rings. The zero-order valence-electron chi connectivity index (χ0n) is 6.50. The van der Waals surface area contributed by atoms with Crippen LogP contribution in [0.2, 0.25) is 0 Å². The third-order valence-corrected chi connectivity index (χ3v) is 2.17. The second-order valence-electron chi connectivity index (χ2n) is 2.44. The van der Waals surface area contributed by atoms with Gasteiger partial charge in [0.25, 0.3) is 5.91 Å². The molecule has 0 aliphatic heterocycles. The number of amides is 1. The lowest BCUT2D eigenvalue weighted by Crippen LogP contribution is -2.20. The fraction of sp³-hybridized carbons (Fsp3) is 0.250. The van der Waals surface area contributed by atoms with Gasteiger partial charge in [-0.3, -0.25) is 4.79 Å². The van der Waals surface area contributed by atoms with Crippen molar-refractivity contribution >= 4 is 17.2 Å². The average molecular weight is 167 g/mol. The van der Waals surface area contributed by atoms with Crippen LogP contribution in [0, 0.1) is 6.92 Å². The molecule has 0 spiro atoms. The van der Waals surface area contributed by atoms with Crippen LogP contribution in [0.4, 0.5) is 0 Å². The molecule has 1 amide bonds. The molecule has 1 heterocycles. The average Bonchev–Trinajstić information content (AvgIpc) is 2.34. The molecule has 1 rings (SSSR count). The van der Waals surface area contributed by atoms with Gasteiger partial charge in [0.15, 0.2) is 0 Å². The van der Waals surface area contributed by atoms with E-state index in [-0.39, 0.29) is 5.91 Å². The van der Waals surface area contributed by atoms with Crippen LogP contribution < -0.4 is 0 Å². The van der Waals surface area contributed by atoms with E-state index in [0.29, 0.717) is 10.4 Å². The fourth-order valence-electron chi connectivity index (χ4n) is 0.683. The monoisotopic (exact) mass is 167 g/mol. The summed E-state index contributed by atoms with van der Waals surface area (Å²) in [5.41, 5.74) is 0.653. The Morgan fingerprint density at radius 2 is 2.27 bits per heavy atom. The lowest BCUT2D eigenvalue weighted by atomic mass is 10.3. The minimum absolute atomic E-state index is 0.00620. The number of hydrogen-bond donors (Lipinski definition) is 0. The maximum Gasteiger partial charge on any atom is 0.263 e. The van der Waals surface area contributed by atoms with E-state index >= 15 is 0 Å². The van der Waals surface area contributed by atoms with E-state index in [2.05, 4.69) is 0 Å². The molecule has 0 saturated heterocycles. The summed E-state index contributed by atoms with van der Waals surface area (Å²) in [5, 5.41) is 1.76. The maximum atomic E-state index is 11.2. The van der Waals surface area contributed by atoms with E-state index in [1.165, 1.54) is 16.2 Å². The van der Waals surface area contributed by atoms with Crippen molar-refractivity contribution in [1.82, 2.24) is 4.90 Å². The van der Waals surface area contributed by atoms with Gasteiger partial charge in [-0.2, -0.15) is 0 Å². The zero-order chi connectivity index (χ0) is 8.43. The van der Waals surface area contributed by atoms with Crippen LogP contribution >= 0.6 is 11.3 Å². The smallest absolute Gasteiger partial charge is 0.263 e. The first-order valence-corrected chi connectivity index (χ1v) is 4.05. The van der Waals surface area contributed by atoms with Gasteiger partial charge in [-0.15, -0.1) is 11.3 Å². The number of hydrogen-bond acceptors (Lipinski definition) is 2. The van der Waals surface area contributed by atoms with Gasteiger partial charge >= 0.3 is 0 Å². The highest BCUT2D eigenvalue weighted by Crippen LogP contribution is 2.14. The van der Waals surface area contributed by atoms with Gasteiger partial charge in [0, 0.05) is 14.1 Å². The standard InChI is InChI=1S/C8H9NOS/c1-6-4-7(11-5-6)8(10)9(2)3/h1,4-5H,2-3H3. The molecule has 0 aromatic carbocycles. The van der Waals surface area contributed by atoms with E-state index < -0.39 is 0 Å². The summed E-state index contributed by atoms with van der Waals surface area (Å²) in [6, 6.07) is 1.69. The van der Waals surface area contributed by atoms with Crippen LogP contribution in [-0.2, 0) is 0 Å². The predicted octanol–water partition coefficient (Wildman–Crippen LogP) is 1.51. The Hall–Kier alpha value is -0.830. The summed E-state index contributed by atoms with van der Waals surface area (Å²) in [5.74, 6) is 0.00620. The van der Waals surface area contributed by atoms with E-state index in [0.717, 1.165) is 0 Å². The van der Waals surface area contributed by atoms with Crippen LogP contribution in [0.3, 0.4) is 0 Å². The van der Waals surface area contributed by atoms with Crippen molar-refractivity contribution in [1.29, 1.82) is 0 Å². The van der Waals surface area contributed by atoms with E-state index in [4.69, 9.17) is 6.92 Å². The minimum Gasteiger partial charge on any atom is -0.344 e. The van der Waals surface area contributed by atoms with Crippen molar-refractivity contribution in [3.63, 3.8) is 0 Å². The molecule has 2 radical (unpaired) electrons. The summed E-state index contributed by atoms with van der Waals surface area (Å²) in [6.07, 6.45) is 0. The van der Waals surface area contributed by atoms with Crippen molar-refractivity contribution in [3.8, 4) is 0 Å². The third-order valence-electron chi connectivity index (χ3n) is 1.24. The SMILES string of the molecule is [CH]c1csc(C(=O)N(C)C)c1. The molecule has 11 heavy (non-hydrogen) atoms. The van der Waals surface area contributed by atoms with E-state index in [9.17, 15) is 4.79 Å². The van der Waals surface area contributed by atoms with Gasteiger partial charge in [-0.25, -0.2) is 0 Å². The first-order valence-electron chi connectivity index (χ1n) is 3.17. The molecule has 1 aromatic rings. The molecule has 58 valence electrons. The number of carbonyl (C=O) groups is 1. The Morgan fingerprint density at radius 3 is 2.64 bits per heavy atom. The Morgan fingerprint density at radius 1 is 1.64 bits per heavy atom. The van der Waals surface area contributed by atoms with Crippen molar-refractivity contribution < 1.29 is 4.79 Å². The molecule has 0 N–H and O–H groups in total. The summed E-state index contributed by atoms with van der Waals surface area (Å²) in [6.45, 7) is 5.46. The second-order valence-corrected chi connectivity index (χ2v) is 3.36. The molecule has 0 atom stereocenters. The first kappa shape index (κ1) is 8.27. The van der Waals surface area contributed by atoms with E-state index in [1.54, 1.807) is 25.5 Å². The summed E-state index contributed by atoms with van der Waals surface area (Å²) in [4.78, 5) is 13.5. The van der Waals surface area contributed by atoms with Crippen molar-refractivity contribution in [2.45, 2.75) is 0 Å². The molecular formula is C8H9NOS. The van der Waals surface area contributed by atoms with Crippen LogP contribution in [0.1, 0.15) is 15.2 Å². The summed E-state index contributed by atoms with van der Waals surface area (Å²) in [7, 11) is 3.44. The topological polar surface area (TPSA) is 20.3 Å². The Bertz CT molecular complexity index is 265. The van der Waals surface area contributed by atoms with Gasteiger partial charge in [-0.1, -0.05) is 0 Å². The van der Waals surface area contributed by atoms with Crippen LogP contribution in [-0.4, -0.2) is 24.9 Å². The quantitative estimate of drug-likeness (QED) is 0.621. The molecule has 0 aliphatic carbocycles. The maximum absolute atomic E-state index is 11.2. The summed E-state index contributed by atoms with van der Waals surface area (Å²) < 4.78 is 0. The van der Waals surface area contributed by atoms with Crippen LogP contribution in [0.5, 0.6) is 0 Å². The van der Waals surface area contributed by atoms with Gasteiger partial charge in [-0.05, 0) is 23.9 Å². The van der Waals surface area contributed by atoms with Gasteiger partial charge in [0.2, 0.25) is 0 Å². The van der Waals surface area contributed by atoms with Crippen LogP contribution in [0.15, 0.2) is 11.4 Å². The van der Waals surface area contributed by atoms with Crippen molar-refractivity contribution in [3.05, 3.63) is 28.8 Å². The van der Waals surface area contributed by atoms with E-state index in [1.807, 2.05) is 0 Å². The molecule has 2 nitrogen and oxygen atoms in total. The summed E-state index contributed by atoms with van der Waals surface area (Å²) >= 11 is 1.37. The Kier molecular flexibility index (Phi) is 2.29. The highest BCUT2D eigenvalue weighted by atomic mass is 32.1. The predicted molar refractivity (Wildman–Crippen MR) is 45.7 cm³/mol. The minimum atomic E-state index is 0.00620. The normalized spacial score (nSPS) is 9.73. The Balaban J connectivity index is 2.85. The molecule has 3 heteroatoms. The number of rotatable bonds is 1. The molecule has 1 aromatic heterocycles. The Labute approximate surface area is 70.5 Å². The van der Waals surface area contributed by atoms with Crippen molar-refractivity contribution in [2.24, 2.45) is 0 Å². The number of nitrogens with zero attached hydrogens (tertiary/aromatic N) is 1.